The number of aromatic nitrogens is 2. The van der Waals surface area contributed by atoms with Crippen LogP contribution in [0.3, 0.4) is 0 Å². The van der Waals surface area contributed by atoms with Gasteiger partial charge in [0.1, 0.15) is 4.70 Å². The molecule has 0 N–H and O–H groups in total. The Morgan fingerprint density at radius 2 is 2.00 bits per heavy atom. The van der Waals surface area contributed by atoms with Gasteiger partial charge < -0.3 is 0 Å². The molecule has 130 valence electrons. The SMILES string of the molecule is O=c1c2sccc2nc(SCc2ccccc2Cl)n1C1CCCCC1. The molecule has 2 aromatic heterocycles. The van der Waals surface area contributed by atoms with E-state index in [4.69, 9.17) is 16.6 Å². The average molecular weight is 391 g/mol. The number of fused-ring (bicyclic) bond motifs is 1. The van der Waals surface area contributed by atoms with E-state index < -0.39 is 0 Å². The summed E-state index contributed by atoms with van der Waals surface area (Å²) in [6.45, 7) is 0. The van der Waals surface area contributed by atoms with Crippen molar-refractivity contribution in [1.82, 2.24) is 9.55 Å². The predicted molar refractivity (Wildman–Crippen MR) is 107 cm³/mol. The Labute approximate surface area is 160 Å². The number of halogens is 1. The predicted octanol–water partition coefficient (Wildman–Crippen LogP) is 5.91. The van der Waals surface area contributed by atoms with E-state index in [1.165, 1.54) is 30.6 Å². The highest BCUT2D eigenvalue weighted by molar-refractivity contribution is 7.98. The maximum Gasteiger partial charge on any atom is 0.272 e. The van der Waals surface area contributed by atoms with Gasteiger partial charge in [-0.15, -0.1) is 11.3 Å². The third-order valence-corrected chi connectivity index (χ3v) is 7.00. The standard InChI is InChI=1S/C19H19ClN2OS2/c20-15-9-5-4-6-13(15)12-25-19-21-16-10-11-24-17(16)18(23)22(19)14-7-2-1-3-8-14/h4-6,9-11,14H,1-3,7-8,12H2. The van der Waals surface area contributed by atoms with Crippen LogP contribution in [0.25, 0.3) is 10.2 Å². The lowest BCUT2D eigenvalue weighted by atomic mass is 9.95. The second kappa shape index (κ2) is 7.52. The van der Waals surface area contributed by atoms with Crippen molar-refractivity contribution in [2.75, 3.05) is 0 Å². The summed E-state index contributed by atoms with van der Waals surface area (Å²) in [5.74, 6) is 0.717. The zero-order valence-electron chi connectivity index (χ0n) is 13.8. The third kappa shape index (κ3) is 3.50. The molecule has 0 radical (unpaired) electrons. The Balaban J connectivity index is 1.73. The van der Waals surface area contributed by atoms with E-state index in [0.717, 1.165) is 38.8 Å². The summed E-state index contributed by atoms with van der Waals surface area (Å²) in [7, 11) is 0. The van der Waals surface area contributed by atoms with E-state index in [9.17, 15) is 4.79 Å². The molecule has 0 amide bonds. The summed E-state index contributed by atoms with van der Waals surface area (Å²) in [4.78, 5) is 17.9. The molecule has 0 spiro atoms. The fourth-order valence-corrected chi connectivity index (χ4v) is 5.54. The lowest BCUT2D eigenvalue weighted by Gasteiger charge is -2.25. The number of thiophene rings is 1. The van der Waals surface area contributed by atoms with Gasteiger partial charge in [0.05, 0.1) is 5.52 Å². The number of rotatable bonds is 4. The second-order valence-electron chi connectivity index (χ2n) is 6.38. The van der Waals surface area contributed by atoms with E-state index in [1.807, 2.05) is 40.3 Å². The maximum atomic E-state index is 13.1. The molecule has 4 rings (SSSR count). The Morgan fingerprint density at radius 3 is 2.80 bits per heavy atom. The minimum Gasteiger partial charge on any atom is -0.283 e. The Morgan fingerprint density at radius 1 is 1.20 bits per heavy atom. The molecule has 25 heavy (non-hydrogen) atoms. The van der Waals surface area contributed by atoms with Gasteiger partial charge in [-0.3, -0.25) is 9.36 Å². The van der Waals surface area contributed by atoms with E-state index in [-0.39, 0.29) is 11.6 Å². The van der Waals surface area contributed by atoms with Crippen LogP contribution in [0.1, 0.15) is 43.7 Å². The van der Waals surface area contributed by atoms with Gasteiger partial charge in [-0.05, 0) is 35.9 Å². The van der Waals surface area contributed by atoms with Crippen LogP contribution in [0.15, 0.2) is 45.7 Å². The molecule has 3 aromatic rings. The van der Waals surface area contributed by atoms with Gasteiger partial charge in [0.15, 0.2) is 5.16 Å². The van der Waals surface area contributed by atoms with Crippen molar-refractivity contribution < 1.29 is 0 Å². The molecule has 0 saturated heterocycles. The largest absolute Gasteiger partial charge is 0.283 e. The second-order valence-corrected chi connectivity index (χ2v) is 8.64. The van der Waals surface area contributed by atoms with E-state index in [2.05, 4.69) is 0 Å². The molecule has 0 atom stereocenters. The topological polar surface area (TPSA) is 34.9 Å². The van der Waals surface area contributed by atoms with Gasteiger partial charge in [-0.25, -0.2) is 4.98 Å². The molecule has 0 aliphatic heterocycles. The number of benzene rings is 1. The van der Waals surface area contributed by atoms with Crippen molar-refractivity contribution in [1.29, 1.82) is 0 Å². The van der Waals surface area contributed by atoms with Crippen LogP contribution in [0.4, 0.5) is 0 Å². The van der Waals surface area contributed by atoms with E-state index >= 15 is 0 Å². The minimum absolute atomic E-state index is 0.119. The molecule has 1 fully saturated rings. The number of thioether (sulfide) groups is 1. The molecule has 1 aliphatic carbocycles. The van der Waals surface area contributed by atoms with E-state index in [0.29, 0.717) is 5.75 Å². The summed E-state index contributed by atoms with van der Waals surface area (Å²) in [5.41, 5.74) is 2.00. The highest BCUT2D eigenvalue weighted by atomic mass is 35.5. The first kappa shape index (κ1) is 17.1. The Hall–Kier alpha value is -1.30. The molecular formula is C19H19ClN2OS2. The third-order valence-electron chi connectivity index (χ3n) is 4.73. The van der Waals surface area contributed by atoms with Crippen molar-refractivity contribution in [2.24, 2.45) is 0 Å². The van der Waals surface area contributed by atoms with Gasteiger partial charge in [-0.1, -0.05) is 60.8 Å². The minimum atomic E-state index is 0.119. The summed E-state index contributed by atoms with van der Waals surface area (Å²) in [5, 5.41) is 3.54. The zero-order chi connectivity index (χ0) is 17.2. The number of nitrogens with zero attached hydrogens (tertiary/aromatic N) is 2. The molecule has 6 heteroatoms. The van der Waals surface area contributed by atoms with Crippen molar-refractivity contribution in [2.45, 2.75) is 49.1 Å². The fourth-order valence-electron chi connectivity index (χ4n) is 3.42. The van der Waals surface area contributed by atoms with Crippen LogP contribution >= 0.6 is 34.7 Å². The monoisotopic (exact) mass is 390 g/mol. The van der Waals surface area contributed by atoms with Crippen LogP contribution in [0.2, 0.25) is 5.02 Å². The highest BCUT2D eigenvalue weighted by Crippen LogP contribution is 2.33. The lowest BCUT2D eigenvalue weighted by molar-refractivity contribution is 0.326. The first-order valence-electron chi connectivity index (χ1n) is 8.60. The smallest absolute Gasteiger partial charge is 0.272 e. The summed E-state index contributed by atoms with van der Waals surface area (Å²) >= 11 is 9.39. The normalized spacial score (nSPS) is 15.7. The van der Waals surface area contributed by atoms with Crippen molar-refractivity contribution >= 4 is 44.9 Å². The molecule has 0 unspecified atom stereocenters. The van der Waals surface area contributed by atoms with Gasteiger partial charge >= 0.3 is 0 Å². The Bertz CT molecular complexity index is 944. The number of hydrogen-bond donors (Lipinski definition) is 0. The molecule has 1 aromatic carbocycles. The summed E-state index contributed by atoms with van der Waals surface area (Å²) in [6.07, 6.45) is 5.78. The van der Waals surface area contributed by atoms with Crippen LogP contribution in [0, 0.1) is 0 Å². The average Bonchev–Trinajstić information content (AvgIpc) is 3.11. The van der Waals surface area contributed by atoms with Crippen molar-refractivity contribution in [3.63, 3.8) is 0 Å². The molecule has 1 aliphatic rings. The fraction of sp³-hybridized carbons (Fsp3) is 0.368. The zero-order valence-corrected chi connectivity index (χ0v) is 16.2. The molecule has 2 heterocycles. The van der Waals surface area contributed by atoms with Crippen LogP contribution in [-0.4, -0.2) is 9.55 Å². The van der Waals surface area contributed by atoms with Crippen molar-refractivity contribution in [3.8, 4) is 0 Å². The first-order valence-corrected chi connectivity index (χ1v) is 10.8. The van der Waals surface area contributed by atoms with Gasteiger partial charge in [0.2, 0.25) is 0 Å². The Kier molecular flexibility index (Phi) is 5.15. The molecular weight excluding hydrogens is 372 g/mol. The van der Waals surface area contributed by atoms with Crippen molar-refractivity contribution in [3.05, 3.63) is 56.7 Å². The van der Waals surface area contributed by atoms with E-state index in [1.54, 1.807) is 11.8 Å². The van der Waals surface area contributed by atoms with Crippen LogP contribution in [-0.2, 0) is 5.75 Å². The molecule has 3 nitrogen and oxygen atoms in total. The maximum absolute atomic E-state index is 13.1. The van der Waals surface area contributed by atoms with Gasteiger partial charge in [0, 0.05) is 16.8 Å². The highest BCUT2D eigenvalue weighted by Gasteiger charge is 2.22. The van der Waals surface area contributed by atoms with Crippen LogP contribution in [0.5, 0.6) is 0 Å². The summed E-state index contributed by atoms with van der Waals surface area (Å²) in [6, 6.07) is 10.1. The quantitative estimate of drug-likeness (QED) is 0.410. The summed E-state index contributed by atoms with van der Waals surface area (Å²) < 4.78 is 2.73. The van der Waals surface area contributed by atoms with Gasteiger partial charge in [-0.2, -0.15) is 0 Å². The molecule has 1 saturated carbocycles. The molecule has 0 bridgehead atoms. The van der Waals surface area contributed by atoms with Crippen LogP contribution < -0.4 is 5.56 Å². The lowest BCUT2D eigenvalue weighted by Crippen LogP contribution is -2.28. The number of hydrogen-bond acceptors (Lipinski definition) is 4. The van der Waals surface area contributed by atoms with Gasteiger partial charge in [0.25, 0.3) is 5.56 Å². The first-order chi connectivity index (χ1) is 12.2.